The smallest absolute Gasteiger partial charge is 0.239 e. The molecule has 9 nitrogen and oxygen atoms in total. The second kappa shape index (κ2) is 9.06. The lowest BCUT2D eigenvalue weighted by atomic mass is 10.4. The normalized spacial score (nSPS) is 10.3. The fourth-order valence-electron chi connectivity index (χ4n) is 1.59. The third-order valence-electron chi connectivity index (χ3n) is 2.58. The zero-order valence-corrected chi connectivity index (χ0v) is 12.5. The molecule has 1 amide bonds. The van der Waals surface area contributed by atoms with Crippen LogP contribution in [0.25, 0.3) is 0 Å². The van der Waals surface area contributed by atoms with Gasteiger partial charge in [-0.05, 0) is 0 Å². The first-order valence-electron chi connectivity index (χ1n) is 6.41. The molecular weight excluding hydrogens is 276 g/mol. The standard InChI is InChI=1S/C12H22N6O3/c1-18(7-12(19)14-4-5-20-2)11-6-9(17-13)15-10(16-11)8-21-3/h6H,4-5,7-8,13H2,1-3H3,(H,14,19)(H,15,16,17). The largest absolute Gasteiger partial charge is 0.383 e. The average molecular weight is 298 g/mol. The van der Waals surface area contributed by atoms with E-state index in [0.29, 0.717) is 30.6 Å². The third kappa shape index (κ3) is 5.90. The number of hydrogen-bond donors (Lipinski definition) is 3. The van der Waals surface area contributed by atoms with Crippen molar-refractivity contribution in [3.05, 3.63) is 11.9 Å². The summed E-state index contributed by atoms with van der Waals surface area (Å²) < 4.78 is 9.87. The van der Waals surface area contributed by atoms with Crippen LogP contribution in [0.3, 0.4) is 0 Å². The first-order chi connectivity index (χ1) is 10.1. The molecule has 0 aromatic carbocycles. The molecular formula is C12H22N6O3. The summed E-state index contributed by atoms with van der Waals surface area (Å²) in [5.74, 6) is 6.77. The van der Waals surface area contributed by atoms with E-state index >= 15 is 0 Å². The van der Waals surface area contributed by atoms with Crippen molar-refractivity contribution in [2.45, 2.75) is 6.61 Å². The zero-order valence-electron chi connectivity index (χ0n) is 12.5. The van der Waals surface area contributed by atoms with E-state index in [1.807, 2.05) is 0 Å². The Hall–Kier alpha value is -1.97. The fraction of sp³-hybridized carbons (Fsp3) is 0.583. The van der Waals surface area contributed by atoms with Gasteiger partial charge in [-0.1, -0.05) is 0 Å². The molecule has 0 unspecified atom stereocenters. The summed E-state index contributed by atoms with van der Waals surface area (Å²) in [5, 5.41) is 2.74. The first-order valence-corrected chi connectivity index (χ1v) is 6.41. The van der Waals surface area contributed by atoms with E-state index in [4.69, 9.17) is 15.3 Å². The van der Waals surface area contributed by atoms with Crippen molar-refractivity contribution in [2.75, 3.05) is 51.3 Å². The number of carbonyl (C=O) groups is 1. The number of hydrazine groups is 1. The summed E-state index contributed by atoms with van der Waals surface area (Å²) in [6.07, 6.45) is 0. The molecule has 4 N–H and O–H groups in total. The van der Waals surface area contributed by atoms with Crippen molar-refractivity contribution in [2.24, 2.45) is 5.84 Å². The van der Waals surface area contributed by atoms with Gasteiger partial charge in [0.2, 0.25) is 5.91 Å². The van der Waals surface area contributed by atoms with E-state index in [0.717, 1.165) is 0 Å². The maximum atomic E-state index is 11.7. The van der Waals surface area contributed by atoms with Crippen molar-refractivity contribution in [3.63, 3.8) is 0 Å². The van der Waals surface area contributed by atoms with Gasteiger partial charge in [-0.15, -0.1) is 0 Å². The van der Waals surface area contributed by atoms with Crippen molar-refractivity contribution in [1.29, 1.82) is 0 Å². The van der Waals surface area contributed by atoms with Gasteiger partial charge in [0.15, 0.2) is 5.82 Å². The highest BCUT2D eigenvalue weighted by Crippen LogP contribution is 2.14. The van der Waals surface area contributed by atoms with Gasteiger partial charge in [0, 0.05) is 33.9 Å². The Balaban J connectivity index is 2.69. The number of likely N-dealkylation sites (N-methyl/N-ethyl adjacent to an activating group) is 1. The number of amides is 1. The minimum Gasteiger partial charge on any atom is -0.383 e. The molecule has 9 heteroatoms. The lowest BCUT2D eigenvalue weighted by Crippen LogP contribution is -2.37. The van der Waals surface area contributed by atoms with E-state index < -0.39 is 0 Å². The van der Waals surface area contributed by atoms with Gasteiger partial charge in [0.05, 0.1) is 13.2 Å². The Kier molecular flexibility index (Phi) is 7.37. The Morgan fingerprint density at radius 3 is 2.76 bits per heavy atom. The number of nitrogens with two attached hydrogens (primary N) is 1. The number of anilines is 2. The van der Waals surface area contributed by atoms with Crippen LogP contribution >= 0.6 is 0 Å². The van der Waals surface area contributed by atoms with Gasteiger partial charge >= 0.3 is 0 Å². The molecule has 0 bridgehead atoms. The molecule has 1 heterocycles. The number of rotatable bonds is 9. The van der Waals surface area contributed by atoms with Crippen molar-refractivity contribution >= 4 is 17.5 Å². The molecule has 1 rings (SSSR count). The minimum atomic E-state index is -0.122. The highest BCUT2D eigenvalue weighted by Gasteiger charge is 2.11. The van der Waals surface area contributed by atoms with Gasteiger partial charge in [0.25, 0.3) is 0 Å². The van der Waals surface area contributed by atoms with Crippen LogP contribution in [-0.2, 0) is 20.9 Å². The summed E-state index contributed by atoms with van der Waals surface area (Å²) >= 11 is 0. The number of aromatic nitrogens is 2. The second-order valence-electron chi connectivity index (χ2n) is 4.30. The van der Waals surface area contributed by atoms with Crippen molar-refractivity contribution in [3.8, 4) is 0 Å². The Morgan fingerprint density at radius 1 is 1.38 bits per heavy atom. The maximum Gasteiger partial charge on any atom is 0.239 e. The fourth-order valence-corrected chi connectivity index (χ4v) is 1.59. The van der Waals surface area contributed by atoms with Gasteiger partial charge in [-0.2, -0.15) is 0 Å². The summed E-state index contributed by atoms with van der Waals surface area (Å²) in [5.41, 5.74) is 2.47. The van der Waals surface area contributed by atoms with Crippen LogP contribution in [0.1, 0.15) is 5.82 Å². The third-order valence-corrected chi connectivity index (χ3v) is 2.58. The highest BCUT2D eigenvalue weighted by atomic mass is 16.5. The zero-order chi connectivity index (χ0) is 15.7. The quantitative estimate of drug-likeness (QED) is 0.305. The van der Waals surface area contributed by atoms with E-state index in [2.05, 4.69) is 20.7 Å². The topological polar surface area (TPSA) is 115 Å². The van der Waals surface area contributed by atoms with Crippen molar-refractivity contribution in [1.82, 2.24) is 15.3 Å². The van der Waals surface area contributed by atoms with Gasteiger partial charge in [0.1, 0.15) is 18.2 Å². The maximum absolute atomic E-state index is 11.7. The van der Waals surface area contributed by atoms with E-state index in [1.54, 1.807) is 32.2 Å². The van der Waals surface area contributed by atoms with Crippen LogP contribution in [0.5, 0.6) is 0 Å². The highest BCUT2D eigenvalue weighted by molar-refractivity contribution is 5.80. The van der Waals surface area contributed by atoms with Gasteiger partial charge in [-0.3, -0.25) is 4.79 Å². The number of carbonyl (C=O) groups excluding carboxylic acids is 1. The SMILES string of the molecule is COCCNC(=O)CN(C)c1cc(NN)nc(COC)n1. The molecule has 0 aliphatic rings. The van der Waals surface area contributed by atoms with E-state index in [9.17, 15) is 4.79 Å². The Morgan fingerprint density at radius 2 is 2.14 bits per heavy atom. The van der Waals surface area contributed by atoms with Crippen LogP contribution in [-0.4, -0.2) is 56.8 Å². The van der Waals surface area contributed by atoms with Crippen LogP contribution < -0.4 is 21.5 Å². The van der Waals surface area contributed by atoms with Crippen LogP contribution in [0.4, 0.5) is 11.6 Å². The molecule has 0 saturated carbocycles. The lowest BCUT2D eigenvalue weighted by Gasteiger charge is -2.19. The predicted molar refractivity (Wildman–Crippen MR) is 78.7 cm³/mol. The molecule has 0 aliphatic carbocycles. The van der Waals surface area contributed by atoms with Crippen LogP contribution in [0.15, 0.2) is 6.07 Å². The number of nitrogen functional groups attached to an aromatic ring is 1. The second-order valence-corrected chi connectivity index (χ2v) is 4.30. The van der Waals surface area contributed by atoms with Crippen molar-refractivity contribution < 1.29 is 14.3 Å². The number of nitrogens with zero attached hydrogens (tertiary/aromatic N) is 3. The molecule has 0 spiro atoms. The molecule has 1 aromatic heterocycles. The van der Waals surface area contributed by atoms with E-state index in [-0.39, 0.29) is 19.1 Å². The lowest BCUT2D eigenvalue weighted by molar-refractivity contribution is -0.119. The number of ether oxygens (including phenoxy) is 2. The summed E-state index contributed by atoms with van der Waals surface area (Å²) in [6, 6.07) is 1.65. The van der Waals surface area contributed by atoms with Crippen LogP contribution in [0, 0.1) is 0 Å². The molecule has 0 atom stereocenters. The summed E-state index contributed by atoms with van der Waals surface area (Å²) in [7, 11) is 4.89. The number of hydrogen-bond acceptors (Lipinski definition) is 8. The van der Waals surface area contributed by atoms with E-state index in [1.165, 1.54) is 0 Å². The van der Waals surface area contributed by atoms with Gasteiger partial charge in [-0.25, -0.2) is 15.8 Å². The monoisotopic (exact) mass is 298 g/mol. The number of methoxy groups -OCH3 is 2. The molecule has 118 valence electrons. The number of nitrogens with one attached hydrogen (secondary N) is 2. The molecule has 0 fully saturated rings. The Bertz CT molecular complexity index is 457. The minimum absolute atomic E-state index is 0.122. The summed E-state index contributed by atoms with van der Waals surface area (Å²) in [4.78, 5) is 21.9. The molecule has 21 heavy (non-hydrogen) atoms. The predicted octanol–water partition coefficient (Wildman–Crippen LogP) is -0.893. The Labute approximate surface area is 123 Å². The molecule has 0 radical (unpaired) electrons. The average Bonchev–Trinajstić information content (AvgIpc) is 2.47. The van der Waals surface area contributed by atoms with Gasteiger partial charge < -0.3 is 25.1 Å². The molecule has 1 aromatic rings. The summed E-state index contributed by atoms with van der Waals surface area (Å²) in [6.45, 7) is 1.37. The van der Waals surface area contributed by atoms with Crippen LogP contribution in [0.2, 0.25) is 0 Å². The molecule has 0 aliphatic heterocycles. The molecule has 0 saturated heterocycles. The first kappa shape index (κ1) is 17.1.